The van der Waals surface area contributed by atoms with Gasteiger partial charge in [-0.15, -0.1) is 0 Å². The number of hydrogen-bond acceptors (Lipinski definition) is 2. The lowest BCUT2D eigenvalue weighted by molar-refractivity contribution is -0.137. The van der Waals surface area contributed by atoms with Gasteiger partial charge >= 0.3 is 6.18 Å². The first-order valence-corrected chi connectivity index (χ1v) is 7.86. The van der Waals surface area contributed by atoms with Gasteiger partial charge in [0.1, 0.15) is 0 Å². The zero-order valence-corrected chi connectivity index (χ0v) is 14.1. The van der Waals surface area contributed by atoms with Gasteiger partial charge in [-0.3, -0.25) is 9.78 Å². The minimum absolute atomic E-state index is 0.00189. The number of benzene rings is 1. The summed E-state index contributed by atoms with van der Waals surface area (Å²) in [5.41, 5.74) is 1.10. The lowest BCUT2D eigenvalue weighted by atomic mass is 10.1. The van der Waals surface area contributed by atoms with Crippen LogP contribution in [0.5, 0.6) is 0 Å². The highest BCUT2D eigenvalue weighted by atomic mass is 19.4. The van der Waals surface area contributed by atoms with Crippen LogP contribution in [0.3, 0.4) is 0 Å². The molecule has 0 fully saturated rings. The molecule has 0 saturated heterocycles. The number of pyridine rings is 1. The zero-order chi connectivity index (χ0) is 18.9. The Morgan fingerprint density at radius 2 is 1.73 bits per heavy atom. The fourth-order valence-electron chi connectivity index (χ4n) is 2.91. The van der Waals surface area contributed by atoms with Crippen molar-refractivity contribution in [3.63, 3.8) is 0 Å². The monoisotopic (exact) mass is 359 g/mol. The summed E-state index contributed by atoms with van der Waals surface area (Å²) < 4.78 is 41.5. The van der Waals surface area contributed by atoms with E-state index in [0.717, 1.165) is 6.07 Å². The van der Waals surface area contributed by atoms with Crippen LogP contribution in [0.1, 0.15) is 27.3 Å². The second-order valence-corrected chi connectivity index (χ2v) is 5.83. The van der Waals surface area contributed by atoms with Gasteiger partial charge in [-0.25, -0.2) is 0 Å². The summed E-state index contributed by atoms with van der Waals surface area (Å²) >= 11 is 0. The number of halogens is 3. The van der Waals surface area contributed by atoms with Crippen molar-refractivity contribution in [3.8, 4) is 5.69 Å². The molecule has 0 radical (unpaired) electrons. The van der Waals surface area contributed by atoms with Crippen LogP contribution in [0.2, 0.25) is 0 Å². The van der Waals surface area contributed by atoms with E-state index in [0.29, 0.717) is 22.6 Å². The third kappa shape index (κ3) is 3.33. The summed E-state index contributed by atoms with van der Waals surface area (Å²) in [4.78, 5) is 16.4. The van der Waals surface area contributed by atoms with Crippen molar-refractivity contribution in [2.24, 2.45) is 0 Å². The van der Waals surface area contributed by atoms with Crippen molar-refractivity contribution in [2.75, 3.05) is 5.32 Å². The lowest BCUT2D eigenvalue weighted by Crippen LogP contribution is -2.14. The van der Waals surface area contributed by atoms with E-state index in [1.165, 1.54) is 16.7 Å². The Balaban J connectivity index is 2.04. The number of hydrogen-bond donors (Lipinski definition) is 1. The Morgan fingerprint density at radius 1 is 1.08 bits per heavy atom. The number of alkyl halides is 3. The normalized spacial score (nSPS) is 11.4. The van der Waals surface area contributed by atoms with Gasteiger partial charge in [0.05, 0.1) is 16.8 Å². The first kappa shape index (κ1) is 17.7. The summed E-state index contributed by atoms with van der Waals surface area (Å²) in [6, 6.07) is 10.2. The fourth-order valence-corrected chi connectivity index (χ4v) is 2.91. The predicted octanol–water partition coefficient (Wildman–Crippen LogP) is 4.76. The number of nitrogens with zero attached hydrogens (tertiary/aromatic N) is 2. The summed E-state index contributed by atoms with van der Waals surface area (Å²) in [6.07, 6.45) is -1.41. The van der Waals surface area contributed by atoms with E-state index < -0.39 is 11.7 Å². The molecule has 2 heterocycles. The average Bonchev–Trinajstić information content (AvgIpc) is 2.89. The molecular weight excluding hydrogens is 343 g/mol. The maximum atomic E-state index is 13.4. The van der Waals surface area contributed by atoms with Crippen molar-refractivity contribution in [1.82, 2.24) is 9.55 Å². The SMILES string of the molecule is Cc1cc(C(=O)Nc2ccncc2)c(C)n1-c1ccccc1C(F)(F)F. The Labute approximate surface area is 148 Å². The molecule has 26 heavy (non-hydrogen) atoms. The number of para-hydroxylation sites is 1. The topological polar surface area (TPSA) is 46.9 Å². The highest BCUT2D eigenvalue weighted by molar-refractivity contribution is 6.05. The number of anilines is 1. The lowest BCUT2D eigenvalue weighted by Gasteiger charge is -2.16. The molecule has 1 N–H and O–H groups in total. The van der Waals surface area contributed by atoms with Crippen LogP contribution < -0.4 is 5.32 Å². The van der Waals surface area contributed by atoms with Gasteiger partial charge in [-0.05, 0) is 44.2 Å². The number of carbonyl (C=O) groups excluding carboxylic acids is 1. The smallest absolute Gasteiger partial charge is 0.322 e. The molecule has 0 aliphatic heterocycles. The Morgan fingerprint density at radius 3 is 2.38 bits per heavy atom. The number of aryl methyl sites for hydroxylation is 1. The molecule has 0 spiro atoms. The molecule has 2 aromatic heterocycles. The largest absolute Gasteiger partial charge is 0.418 e. The van der Waals surface area contributed by atoms with Crippen LogP contribution in [0.25, 0.3) is 5.69 Å². The second kappa shape index (κ2) is 6.67. The molecule has 0 atom stereocenters. The van der Waals surface area contributed by atoms with Crippen molar-refractivity contribution in [3.05, 3.63) is 77.4 Å². The summed E-state index contributed by atoms with van der Waals surface area (Å²) in [5, 5.41) is 2.72. The predicted molar refractivity (Wildman–Crippen MR) is 92.4 cm³/mol. The Kier molecular flexibility index (Phi) is 4.54. The van der Waals surface area contributed by atoms with Gasteiger partial charge < -0.3 is 9.88 Å². The van der Waals surface area contributed by atoms with E-state index in [9.17, 15) is 18.0 Å². The molecule has 3 rings (SSSR count). The maximum absolute atomic E-state index is 13.4. The minimum atomic E-state index is -4.49. The van der Waals surface area contributed by atoms with E-state index in [4.69, 9.17) is 0 Å². The highest BCUT2D eigenvalue weighted by Crippen LogP contribution is 2.35. The molecule has 0 bridgehead atoms. The highest BCUT2D eigenvalue weighted by Gasteiger charge is 2.34. The molecule has 4 nitrogen and oxygen atoms in total. The van der Waals surface area contributed by atoms with Crippen molar-refractivity contribution in [1.29, 1.82) is 0 Å². The Bertz CT molecular complexity index is 946. The number of amides is 1. The van der Waals surface area contributed by atoms with E-state index in [1.807, 2.05) is 0 Å². The summed E-state index contributed by atoms with van der Waals surface area (Å²) in [7, 11) is 0. The van der Waals surface area contributed by atoms with Gasteiger partial charge in [0.25, 0.3) is 5.91 Å². The average molecular weight is 359 g/mol. The van der Waals surface area contributed by atoms with Gasteiger partial charge in [0.15, 0.2) is 0 Å². The standard InChI is InChI=1S/C19H16F3N3O/c1-12-11-15(18(26)24-14-7-9-23-10-8-14)13(2)25(12)17-6-4-3-5-16(17)19(20,21)22/h3-11H,1-2H3,(H,23,24,26). The Hall–Kier alpha value is -3.09. The fraction of sp³-hybridized carbons (Fsp3) is 0.158. The second-order valence-electron chi connectivity index (χ2n) is 5.83. The third-order valence-corrected chi connectivity index (χ3v) is 4.06. The van der Waals surface area contributed by atoms with Crippen LogP contribution in [-0.4, -0.2) is 15.5 Å². The van der Waals surface area contributed by atoms with E-state index in [-0.39, 0.29) is 11.6 Å². The van der Waals surface area contributed by atoms with Crippen LogP contribution in [0.4, 0.5) is 18.9 Å². The molecule has 0 unspecified atom stereocenters. The van der Waals surface area contributed by atoms with Crippen molar-refractivity contribution in [2.45, 2.75) is 20.0 Å². The molecule has 3 aromatic rings. The molecular formula is C19H16F3N3O. The van der Waals surface area contributed by atoms with Gasteiger partial charge in [0, 0.05) is 29.5 Å². The number of aromatic nitrogens is 2. The van der Waals surface area contributed by atoms with Crippen LogP contribution >= 0.6 is 0 Å². The molecule has 1 amide bonds. The van der Waals surface area contributed by atoms with E-state index in [1.54, 1.807) is 50.5 Å². The van der Waals surface area contributed by atoms with Crippen molar-refractivity contribution >= 4 is 11.6 Å². The number of nitrogens with one attached hydrogen (secondary N) is 1. The number of carbonyl (C=O) groups is 1. The van der Waals surface area contributed by atoms with Crippen LogP contribution in [0, 0.1) is 13.8 Å². The molecule has 1 aromatic carbocycles. The quantitative estimate of drug-likeness (QED) is 0.733. The molecule has 7 heteroatoms. The van der Waals surface area contributed by atoms with Crippen LogP contribution in [0.15, 0.2) is 54.9 Å². The summed E-state index contributed by atoms with van der Waals surface area (Å²) in [5.74, 6) is -0.389. The third-order valence-electron chi connectivity index (χ3n) is 4.06. The molecule has 0 aliphatic carbocycles. The number of rotatable bonds is 3. The molecule has 0 saturated carbocycles. The van der Waals surface area contributed by atoms with Gasteiger partial charge in [-0.1, -0.05) is 12.1 Å². The maximum Gasteiger partial charge on any atom is 0.418 e. The van der Waals surface area contributed by atoms with E-state index in [2.05, 4.69) is 10.3 Å². The van der Waals surface area contributed by atoms with Crippen molar-refractivity contribution < 1.29 is 18.0 Å². The van der Waals surface area contributed by atoms with Gasteiger partial charge in [0.2, 0.25) is 0 Å². The summed E-state index contributed by atoms with van der Waals surface area (Å²) in [6.45, 7) is 3.30. The first-order valence-electron chi connectivity index (χ1n) is 7.86. The first-order chi connectivity index (χ1) is 12.3. The van der Waals surface area contributed by atoms with Crippen LogP contribution in [-0.2, 0) is 6.18 Å². The molecule has 0 aliphatic rings. The van der Waals surface area contributed by atoms with E-state index >= 15 is 0 Å². The minimum Gasteiger partial charge on any atom is -0.322 e. The zero-order valence-electron chi connectivity index (χ0n) is 14.1. The molecule has 134 valence electrons. The van der Waals surface area contributed by atoms with Gasteiger partial charge in [-0.2, -0.15) is 13.2 Å².